The van der Waals surface area contributed by atoms with Crippen molar-refractivity contribution in [1.29, 1.82) is 0 Å². The second-order valence-electron chi connectivity index (χ2n) is 18.9. The van der Waals surface area contributed by atoms with Crippen LogP contribution in [0.2, 0.25) is 0 Å². The molecule has 3 aliphatic rings. The number of rotatable bonds is 6. The summed E-state index contributed by atoms with van der Waals surface area (Å²) in [6.45, 7) is 21.5. The van der Waals surface area contributed by atoms with Gasteiger partial charge in [0, 0.05) is 65.5 Å². The molecule has 0 aromatic heterocycles. The van der Waals surface area contributed by atoms with Crippen LogP contribution in [0.15, 0.2) is 182 Å². The number of likely N-dealkylation sites (N-methyl/N-ethyl adjacent to an activating group) is 1. The molecule has 11 rings (SSSR count). The number of phenolic OH excluding ortho intramolecular Hbond substituents is 2. The summed E-state index contributed by atoms with van der Waals surface area (Å²) in [5, 5.41) is 24.8. The van der Waals surface area contributed by atoms with Crippen molar-refractivity contribution in [2.24, 2.45) is 0 Å². The maximum atomic E-state index is 12.4. The van der Waals surface area contributed by atoms with Gasteiger partial charge in [0.2, 0.25) is 0 Å². The van der Waals surface area contributed by atoms with Gasteiger partial charge in [-0.15, -0.1) is 24.3 Å². The van der Waals surface area contributed by atoms with E-state index in [4.69, 9.17) is 0 Å². The van der Waals surface area contributed by atoms with Crippen LogP contribution in [-0.2, 0) is 49.8 Å². The molecule has 0 atom stereocenters. The third-order valence-corrected chi connectivity index (χ3v) is 14.2. The van der Waals surface area contributed by atoms with Crippen LogP contribution in [0.25, 0.3) is 22.3 Å². The molecule has 4 nitrogen and oxygen atoms in total. The number of phenols is 2. The number of hydrogen-bond acceptors (Lipinski definition) is 3. The summed E-state index contributed by atoms with van der Waals surface area (Å²) in [5.41, 5.74) is 17.0. The van der Waals surface area contributed by atoms with E-state index in [2.05, 4.69) is 181 Å². The second-order valence-corrected chi connectivity index (χ2v) is 18.9. The van der Waals surface area contributed by atoms with Crippen LogP contribution in [-0.4, -0.2) is 39.7 Å². The first kappa shape index (κ1) is 47.4. The summed E-state index contributed by atoms with van der Waals surface area (Å²) >= 11 is 0. The molecule has 336 valence electrons. The largest absolute Gasteiger partial charge is 0.507 e. The van der Waals surface area contributed by atoms with Crippen LogP contribution in [0.3, 0.4) is 0 Å². The fraction of sp³-hybridized carbons (Fsp3) is 0.177. The van der Waals surface area contributed by atoms with Crippen molar-refractivity contribution in [3.05, 3.63) is 269 Å². The summed E-state index contributed by atoms with van der Waals surface area (Å²) < 4.78 is 0.594. The van der Waals surface area contributed by atoms with Gasteiger partial charge in [0.25, 0.3) is 0 Å². The SMILES string of the molecule is Cc1cc(C[N+]2(Cc3cc(C)cc(C4(C)c5ccccc5-c5ccccc54)c3O)[CH-]N(C)CC2)c(O)c(C2(C)c3ccccc3-c3ccccc32)c1.[CH2-]c1ccccc1.[CH2-]c1ccccc1.[Hf]. The van der Waals surface area contributed by atoms with Gasteiger partial charge < -0.3 is 19.6 Å². The summed E-state index contributed by atoms with van der Waals surface area (Å²) in [5.74, 6) is 0.724. The Morgan fingerprint density at radius 2 is 0.806 bits per heavy atom. The van der Waals surface area contributed by atoms with Gasteiger partial charge in [-0.05, 0) is 91.4 Å². The van der Waals surface area contributed by atoms with E-state index in [1.54, 1.807) is 0 Å². The van der Waals surface area contributed by atoms with Crippen molar-refractivity contribution < 1.29 is 40.5 Å². The van der Waals surface area contributed by atoms with Gasteiger partial charge in [-0.3, -0.25) is 0 Å². The molecule has 2 aliphatic carbocycles. The van der Waals surface area contributed by atoms with E-state index >= 15 is 0 Å². The number of nitrogens with zero attached hydrogens (tertiary/aromatic N) is 2. The third-order valence-electron chi connectivity index (χ3n) is 14.2. The minimum Gasteiger partial charge on any atom is -0.507 e. The predicted octanol–water partition coefficient (Wildman–Crippen LogP) is 13.7. The first-order chi connectivity index (χ1) is 31.8. The number of fused-ring (bicyclic) bond motifs is 6. The number of aryl methyl sites for hydroxylation is 2. The molecule has 0 saturated carbocycles. The van der Waals surface area contributed by atoms with E-state index in [9.17, 15) is 10.2 Å². The third kappa shape index (κ3) is 8.82. The minimum atomic E-state index is -0.499. The van der Waals surface area contributed by atoms with Gasteiger partial charge in [0.15, 0.2) is 0 Å². The Labute approximate surface area is 417 Å². The summed E-state index contributed by atoms with van der Waals surface area (Å²) in [6, 6.07) is 63.0. The molecule has 0 unspecified atom stereocenters. The zero-order valence-corrected chi connectivity index (χ0v) is 43.0. The molecule has 2 N–H and O–H groups in total. The molecule has 1 heterocycles. The average Bonchev–Trinajstić information content (AvgIpc) is 3.92. The van der Waals surface area contributed by atoms with Crippen LogP contribution < -0.4 is 0 Å². The van der Waals surface area contributed by atoms with Crippen molar-refractivity contribution in [1.82, 2.24) is 4.90 Å². The Kier molecular flexibility index (Phi) is 13.6. The maximum absolute atomic E-state index is 12.4. The molecular weight excluding hydrogens is 983 g/mol. The van der Waals surface area contributed by atoms with Gasteiger partial charge in [0.1, 0.15) is 11.5 Å². The van der Waals surface area contributed by atoms with E-state index in [1.165, 1.54) is 44.5 Å². The van der Waals surface area contributed by atoms with E-state index < -0.39 is 10.8 Å². The first-order valence-corrected chi connectivity index (χ1v) is 23.0. The number of hydrogen-bond donors (Lipinski definition) is 2. The zero-order chi connectivity index (χ0) is 46.2. The molecule has 5 heteroatoms. The average molecular weight is 1040 g/mol. The van der Waals surface area contributed by atoms with Crippen molar-refractivity contribution in [3.63, 3.8) is 0 Å². The Hall–Kier alpha value is -6.11. The fourth-order valence-electron chi connectivity index (χ4n) is 11.0. The standard InChI is InChI=1S/C48H46N2O2.2C7H7.Hf/c1-31-24-33(45(51)43(26-31)47(3)39-18-10-6-14-35(39)36-15-7-11-19-40(36)47)28-50(23-22-49(5)30-50)29-34-25-32(2)27-44(46(34)52)48(4)41-20-12-8-16-37(41)38-17-9-13-21-42(38)48;2*1-7-5-3-2-4-6-7;/h6-21,24-27,30,51-52H,22-23,28-29H2,1-5H3;2*2-6H,1H2;/q;2*-1;. The number of aromatic hydroxyl groups is 2. The Balaban J connectivity index is 0.000000348. The van der Waals surface area contributed by atoms with E-state index in [0.29, 0.717) is 29.1 Å². The van der Waals surface area contributed by atoms with E-state index in [0.717, 1.165) is 57.6 Å². The second kappa shape index (κ2) is 19.2. The maximum Gasteiger partial charge on any atom is 0.128 e. The van der Waals surface area contributed by atoms with Crippen LogP contribution in [0, 0.1) is 34.4 Å². The van der Waals surface area contributed by atoms with Crippen molar-refractivity contribution in [3.8, 4) is 33.8 Å². The molecule has 0 amide bonds. The topological polar surface area (TPSA) is 43.7 Å². The molecule has 1 saturated heterocycles. The quantitative estimate of drug-likeness (QED) is 0.0991. The molecule has 1 aliphatic heterocycles. The van der Waals surface area contributed by atoms with Crippen molar-refractivity contribution >= 4 is 0 Å². The van der Waals surface area contributed by atoms with Crippen molar-refractivity contribution in [2.75, 3.05) is 20.1 Å². The molecule has 1 fully saturated rings. The van der Waals surface area contributed by atoms with Gasteiger partial charge in [0.05, 0.1) is 19.6 Å². The Bertz CT molecular complexity index is 2750. The first-order valence-electron chi connectivity index (χ1n) is 23.0. The van der Waals surface area contributed by atoms with Crippen LogP contribution >= 0.6 is 0 Å². The Morgan fingerprint density at radius 1 is 0.493 bits per heavy atom. The zero-order valence-electron chi connectivity index (χ0n) is 39.4. The summed E-state index contributed by atoms with van der Waals surface area (Å²) in [6.07, 6.45) is 0. The van der Waals surface area contributed by atoms with Crippen molar-refractivity contribution in [2.45, 2.75) is 51.6 Å². The van der Waals surface area contributed by atoms with Gasteiger partial charge in [-0.1, -0.05) is 139 Å². The minimum absolute atomic E-state index is 0. The summed E-state index contributed by atoms with van der Waals surface area (Å²) in [4.78, 5) is 2.26. The monoisotopic (exact) mass is 1040 g/mol. The fourth-order valence-corrected chi connectivity index (χ4v) is 11.0. The Morgan fingerprint density at radius 3 is 1.09 bits per heavy atom. The van der Waals surface area contributed by atoms with Crippen LogP contribution in [0.1, 0.15) is 80.6 Å². The van der Waals surface area contributed by atoms with Crippen LogP contribution in [0.5, 0.6) is 11.5 Å². The molecular formula is C62H60HfN2O2-2. The normalized spacial score (nSPS) is 15.3. The molecule has 67 heavy (non-hydrogen) atoms. The predicted molar refractivity (Wildman–Crippen MR) is 272 cm³/mol. The number of quaternary nitrogens is 1. The number of benzene rings is 8. The smallest absolute Gasteiger partial charge is 0.128 e. The molecule has 0 spiro atoms. The van der Waals surface area contributed by atoms with E-state index in [-0.39, 0.29) is 25.8 Å². The van der Waals surface area contributed by atoms with Gasteiger partial charge in [-0.25, -0.2) is 0 Å². The molecule has 8 aromatic rings. The van der Waals surface area contributed by atoms with Gasteiger partial charge >= 0.3 is 0 Å². The molecule has 0 bridgehead atoms. The van der Waals surface area contributed by atoms with Gasteiger partial charge in [-0.2, -0.15) is 49.2 Å². The molecule has 0 radical (unpaired) electrons. The van der Waals surface area contributed by atoms with E-state index in [1.807, 2.05) is 60.7 Å². The van der Waals surface area contributed by atoms with Crippen LogP contribution in [0.4, 0.5) is 0 Å². The molecule has 8 aromatic carbocycles. The summed E-state index contributed by atoms with van der Waals surface area (Å²) in [7, 11) is 2.13.